The number of hydrogen-bond acceptors (Lipinski definition) is 4. The van der Waals surface area contributed by atoms with Crippen molar-refractivity contribution in [3.05, 3.63) is 71.7 Å². The highest BCUT2D eigenvalue weighted by molar-refractivity contribution is 7.20. The molecule has 1 N–H and O–H groups in total. The summed E-state index contributed by atoms with van der Waals surface area (Å²) < 4.78 is 16.4. The van der Waals surface area contributed by atoms with E-state index in [1.54, 1.807) is 22.9 Å². The normalized spacial score (nSPS) is 11.0. The standard InChI is InChI=1S/C18H13FN4OS/c1-11-10-16(21-17(24)12-6-2-3-7-13(12)19)23(22-11)18-20-14-8-4-5-9-15(14)25-18/h2-10H,1H3,(H,21,24). The fraction of sp³-hybridized carbons (Fsp3) is 0.0556. The molecule has 0 aliphatic rings. The first-order valence-corrected chi connectivity index (χ1v) is 8.42. The van der Waals surface area contributed by atoms with E-state index in [-0.39, 0.29) is 5.56 Å². The highest BCUT2D eigenvalue weighted by Gasteiger charge is 2.17. The zero-order chi connectivity index (χ0) is 17.4. The van der Waals surface area contributed by atoms with Crippen LogP contribution in [0.25, 0.3) is 15.3 Å². The molecule has 5 nitrogen and oxygen atoms in total. The molecule has 2 aromatic carbocycles. The summed E-state index contributed by atoms with van der Waals surface area (Å²) in [4.78, 5) is 16.9. The van der Waals surface area contributed by atoms with Gasteiger partial charge in [0.2, 0.25) is 5.13 Å². The summed E-state index contributed by atoms with van der Waals surface area (Å²) in [5.74, 6) is -0.645. The summed E-state index contributed by atoms with van der Waals surface area (Å²) in [7, 11) is 0. The fourth-order valence-electron chi connectivity index (χ4n) is 2.51. The number of carbonyl (C=O) groups is 1. The van der Waals surface area contributed by atoms with Crippen molar-refractivity contribution in [2.45, 2.75) is 6.92 Å². The number of thiazole rings is 1. The first-order valence-electron chi connectivity index (χ1n) is 7.60. The maximum absolute atomic E-state index is 13.8. The van der Waals surface area contributed by atoms with Crippen LogP contribution in [0.4, 0.5) is 10.2 Å². The van der Waals surface area contributed by atoms with Crippen molar-refractivity contribution in [3.63, 3.8) is 0 Å². The highest BCUT2D eigenvalue weighted by atomic mass is 32.1. The van der Waals surface area contributed by atoms with Gasteiger partial charge < -0.3 is 5.32 Å². The van der Waals surface area contributed by atoms with Crippen LogP contribution < -0.4 is 5.32 Å². The van der Waals surface area contributed by atoms with E-state index in [9.17, 15) is 9.18 Å². The number of aromatic nitrogens is 3. The molecular weight excluding hydrogens is 339 g/mol. The average molecular weight is 352 g/mol. The number of rotatable bonds is 3. The van der Waals surface area contributed by atoms with Gasteiger partial charge in [0.05, 0.1) is 21.5 Å². The number of halogens is 1. The predicted octanol–water partition coefficient (Wildman–Crippen LogP) is 4.18. The lowest BCUT2D eigenvalue weighted by Gasteiger charge is -2.07. The van der Waals surface area contributed by atoms with Crippen LogP contribution >= 0.6 is 11.3 Å². The number of benzene rings is 2. The molecule has 4 aromatic rings. The number of amides is 1. The van der Waals surface area contributed by atoms with E-state index in [0.717, 1.165) is 15.9 Å². The van der Waals surface area contributed by atoms with Crippen molar-refractivity contribution in [3.8, 4) is 5.13 Å². The maximum atomic E-state index is 13.8. The molecule has 0 radical (unpaired) electrons. The lowest BCUT2D eigenvalue weighted by molar-refractivity contribution is 0.102. The Hall–Kier alpha value is -3.06. The van der Waals surface area contributed by atoms with Crippen LogP contribution in [0, 0.1) is 12.7 Å². The van der Waals surface area contributed by atoms with Crippen molar-refractivity contribution in [2.75, 3.05) is 5.32 Å². The molecule has 1 amide bonds. The first-order chi connectivity index (χ1) is 12.1. The summed E-state index contributed by atoms with van der Waals surface area (Å²) in [6, 6.07) is 15.3. The smallest absolute Gasteiger partial charge is 0.259 e. The Morgan fingerprint density at radius 1 is 1.16 bits per heavy atom. The molecule has 0 atom stereocenters. The van der Waals surface area contributed by atoms with Gasteiger partial charge in [-0.15, -0.1) is 0 Å². The number of fused-ring (bicyclic) bond motifs is 1. The molecule has 0 spiro atoms. The second-order valence-corrected chi connectivity index (χ2v) is 6.49. The van der Waals surface area contributed by atoms with Crippen molar-refractivity contribution < 1.29 is 9.18 Å². The summed E-state index contributed by atoms with van der Waals surface area (Å²) in [6.45, 7) is 1.82. The maximum Gasteiger partial charge on any atom is 0.259 e. The third kappa shape index (κ3) is 2.89. The largest absolute Gasteiger partial charge is 0.306 e. The monoisotopic (exact) mass is 352 g/mol. The van der Waals surface area contributed by atoms with E-state index < -0.39 is 11.7 Å². The quantitative estimate of drug-likeness (QED) is 0.602. The Labute approximate surface area is 146 Å². The van der Waals surface area contributed by atoms with Gasteiger partial charge in [-0.05, 0) is 31.2 Å². The van der Waals surface area contributed by atoms with Crippen molar-refractivity contribution in [1.82, 2.24) is 14.8 Å². The fourth-order valence-corrected chi connectivity index (χ4v) is 3.45. The predicted molar refractivity (Wildman–Crippen MR) is 95.8 cm³/mol. The molecule has 0 aliphatic heterocycles. The molecule has 0 bridgehead atoms. The second-order valence-electron chi connectivity index (χ2n) is 5.48. The zero-order valence-electron chi connectivity index (χ0n) is 13.2. The van der Waals surface area contributed by atoms with Gasteiger partial charge in [0, 0.05) is 6.07 Å². The highest BCUT2D eigenvalue weighted by Crippen LogP contribution is 2.27. The Bertz CT molecular complexity index is 1050. The minimum atomic E-state index is -0.567. The lowest BCUT2D eigenvalue weighted by atomic mass is 10.2. The van der Waals surface area contributed by atoms with Gasteiger partial charge in [-0.3, -0.25) is 4.79 Å². The van der Waals surface area contributed by atoms with E-state index in [4.69, 9.17) is 0 Å². The summed E-state index contributed by atoms with van der Waals surface area (Å²) in [6.07, 6.45) is 0. The molecule has 0 unspecified atom stereocenters. The molecule has 0 aliphatic carbocycles. The number of carbonyl (C=O) groups excluding carboxylic acids is 1. The van der Waals surface area contributed by atoms with Crippen LogP contribution in [-0.2, 0) is 0 Å². The average Bonchev–Trinajstić information content (AvgIpc) is 3.18. The number of anilines is 1. The molecule has 0 fully saturated rings. The van der Waals surface area contributed by atoms with Gasteiger partial charge in [-0.25, -0.2) is 9.37 Å². The van der Waals surface area contributed by atoms with Crippen molar-refractivity contribution in [1.29, 1.82) is 0 Å². The van der Waals surface area contributed by atoms with Gasteiger partial charge in [0.1, 0.15) is 11.6 Å². The van der Waals surface area contributed by atoms with Gasteiger partial charge >= 0.3 is 0 Å². The SMILES string of the molecule is Cc1cc(NC(=O)c2ccccc2F)n(-c2nc3ccccc3s2)n1. The molecule has 124 valence electrons. The number of aryl methyl sites for hydroxylation is 1. The molecule has 7 heteroatoms. The number of nitrogens with zero attached hydrogens (tertiary/aromatic N) is 3. The third-order valence-electron chi connectivity index (χ3n) is 3.66. The van der Waals surface area contributed by atoms with E-state index in [1.807, 2.05) is 31.2 Å². The number of nitrogens with one attached hydrogen (secondary N) is 1. The molecule has 4 rings (SSSR count). The van der Waals surface area contributed by atoms with Crippen LogP contribution in [0.5, 0.6) is 0 Å². The van der Waals surface area contributed by atoms with Crippen LogP contribution in [0.1, 0.15) is 16.1 Å². The van der Waals surface area contributed by atoms with Crippen LogP contribution in [0.2, 0.25) is 0 Å². The van der Waals surface area contributed by atoms with Gasteiger partial charge in [0.25, 0.3) is 5.91 Å². The summed E-state index contributed by atoms with van der Waals surface area (Å²) >= 11 is 1.47. The molecule has 0 saturated heterocycles. The van der Waals surface area contributed by atoms with Gasteiger partial charge in [-0.2, -0.15) is 9.78 Å². The van der Waals surface area contributed by atoms with Crippen LogP contribution in [-0.4, -0.2) is 20.7 Å². The molecule has 25 heavy (non-hydrogen) atoms. The lowest BCUT2D eigenvalue weighted by Crippen LogP contribution is -2.16. The summed E-state index contributed by atoms with van der Waals surface area (Å²) in [5.41, 5.74) is 1.57. The topological polar surface area (TPSA) is 59.8 Å². The van der Waals surface area contributed by atoms with Gasteiger partial charge in [0.15, 0.2) is 0 Å². The molecule has 2 heterocycles. The summed E-state index contributed by atoms with van der Waals surface area (Å²) in [5, 5.41) is 7.76. The van der Waals surface area contributed by atoms with Crippen LogP contribution in [0.3, 0.4) is 0 Å². The molecule has 2 aromatic heterocycles. The second kappa shape index (κ2) is 6.10. The van der Waals surface area contributed by atoms with E-state index >= 15 is 0 Å². The van der Waals surface area contributed by atoms with Crippen molar-refractivity contribution in [2.24, 2.45) is 0 Å². The van der Waals surface area contributed by atoms with Gasteiger partial charge in [-0.1, -0.05) is 35.6 Å². The number of para-hydroxylation sites is 1. The first kappa shape index (κ1) is 15.5. The molecular formula is C18H13FN4OS. The molecule has 0 saturated carbocycles. The van der Waals surface area contributed by atoms with E-state index in [1.165, 1.54) is 23.5 Å². The van der Waals surface area contributed by atoms with Crippen LogP contribution in [0.15, 0.2) is 54.6 Å². The third-order valence-corrected chi connectivity index (χ3v) is 4.67. The minimum Gasteiger partial charge on any atom is -0.306 e. The van der Waals surface area contributed by atoms with E-state index in [0.29, 0.717) is 10.9 Å². The Morgan fingerprint density at radius 2 is 1.92 bits per heavy atom. The Kier molecular flexibility index (Phi) is 3.77. The van der Waals surface area contributed by atoms with Crippen molar-refractivity contribution >= 4 is 33.3 Å². The minimum absolute atomic E-state index is 0.0165. The Balaban J connectivity index is 1.72. The Morgan fingerprint density at radius 3 is 2.72 bits per heavy atom. The zero-order valence-corrected chi connectivity index (χ0v) is 14.0. The van der Waals surface area contributed by atoms with E-state index in [2.05, 4.69) is 15.4 Å². The number of hydrogen-bond donors (Lipinski definition) is 1.